The molecule has 0 bridgehead atoms. The number of amides is 1. The number of para-hydroxylation sites is 1. The van der Waals surface area contributed by atoms with Crippen molar-refractivity contribution in [2.24, 2.45) is 0 Å². The molecule has 3 heteroatoms. The molecule has 0 aliphatic carbocycles. The van der Waals surface area contributed by atoms with E-state index in [9.17, 15) is 4.79 Å². The van der Waals surface area contributed by atoms with Crippen LogP contribution in [0.25, 0.3) is 0 Å². The second kappa shape index (κ2) is 6.06. The molecule has 17 heavy (non-hydrogen) atoms. The lowest BCUT2D eigenvalue weighted by atomic mass is 10.0. The zero-order valence-corrected chi connectivity index (χ0v) is 11.7. The van der Waals surface area contributed by atoms with Crippen LogP contribution in [0, 0.1) is 6.92 Å². The highest BCUT2D eigenvalue weighted by atomic mass is 35.5. The summed E-state index contributed by atoms with van der Waals surface area (Å²) in [7, 11) is 0. The first-order valence-corrected chi connectivity index (χ1v) is 6.52. The number of hydrogen-bond donors (Lipinski definition) is 0. The van der Waals surface area contributed by atoms with Gasteiger partial charge in [0.2, 0.25) is 5.91 Å². The fourth-order valence-electron chi connectivity index (χ4n) is 2.08. The number of rotatable bonds is 4. The third-order valence-electron chi connectivity index (χ3n) is 2.84. The van der Waals surface area contributed by atoms with Gasteiger partial charge in [-0.3, -0.25) is 4.79 Å². The summed E-state index contributed by atoms with van der Waals surface area (Å²) in [6.45, 7) is 8.15. The Hall–Kier alpha value is -1.02. The Balaban J connectivity index is 3.31. The Morgan fingerprint density at radius 2 is 2.06 bits per heavy atom. The zero-order chi connectivity index (χ0) is 13.0. The van der Waals surface area contributed by atoms with Gasteiger partial charge in [-0.1, -0.05) is 25.1 Å². The number of halogens is 1. The van der Waals surface area contributed by atoms with Crippen LogP contribution in [0.5, 0.6) is 0 Å². The lowest BCUT2D eigenvalue weighted by Crippen LogP contribution is -2.39. The number of hydrogen-bond acceptors (Lipinski definition) is 1. The second-order valence-corrected chi connectivity index (χ2v) is 4.69. The van der Waals surface area contributed by atoms with Crippen LogP contribution in [0.2, 0.25) is 0 Å². The fourth-order valence-corrected chi connectivity index (χ4v) is 2.21. The van der Waals surface area contributed by atoms with Crippen molar-refractivity contribution in [2.45, 2.75) is 40.2 Å². The second-order valence-electron chi connectivity index (χ2n) is 4.43. The third-order valence-corrected chi connectivity index (χ3v) is 3.07. The van der Waals surface area contributed by atoms with Gasteiger partial charge in [-0.15, -0.1) is 11.6 Å². The topological polar surface area (TPSA) is 20.3 Å². The van der Waals surface area contributed by atoms with Crippen LogP contribution >= 0.6 is 11.6 Å². The smallest absolute Gasteiger partial charge is 0.242 e. The first kappa shape index (κ1) is 14.0. The Morgan fingerprint density at radius 1 is 1.41 bits per heavy atom. The molecule has 0 aromatic heterocycles. The first-order chi connectivity index (χ1) is 8.02. The molecule has 2 nitrogen and oxygen atoms in total. The zero-order valence-electron chi connectivity index (χ0n) is 11.0. The van der Waals surface area contributed by atoms with Crippen molar-refractivity contribution in [3.8, 4) is 0 Å². The van der Waals surface area contributed by atoms with E-state index in [1.807, 2.05) is 32.9 Å². The van der Waals surface area contributed by atoms with Crippen molar-refractivity contribution < 1.29 is 4.79 Å². The van der Waals surface area contributed by atoms with E-state index >= 15 is 0 Å². The molecule has 1 amide bonds. The summed E-state index contributed by atoms with van der Waals surface area (Å²) in [6.07, 6.45) is 0.912. The largest absolute Gasteiger partial charge is 0.308 e. The lowest BCUT2D eigenvalue weighted by molar-refractivity contribution is -0.116. The minimum atomic E-state index is -0.0364. The third kappa shape index (κ3) is 3.01. The maximum Gasteiger partial charge on any atom is 0.242 e. The van der Waals surface area contributed by atoms with E-state index in [0.717, 1.165) is 17.7 Å². The van der Waals surface area contributed by atoms with Gasteiger partial charge < -0.3 is 4.90 Å². The van der Waals surface area contributed by atoms with Gasteiger partial charge in [-0.25, -0.2) is 0 Å². The Morgan fingerprint density at radius 3 is 2.53 bits per heavy atom. The van der Waals surface area contributed by atoms with Gasteiger partial charge in [0, 0.05) is 6.04 Å². The Bertz CT molecular complexity index is 401. The van der Waals surface area contributed by atoms with Gasteiger partial charge in [0.15, 0.2) is 0 Å². The average molecular weight is 254 g/mol. The van der Waals surface area contributed by atoms with Crippen LogP contribution < -0.4 is 4.90 Å². The van der Waals surface area contributed by atoms with Gasteiger partial charge in [0.25, 0.3) is 0 Å². The first-order valence-electron chi connectivity index (χ1n) is 5.99. The molecule has 0 saturated carbocycles. The number of nitrogens with zero attached hydrogens (tertiary/aromatic N) is 1. The monoisotopic (exact) mass is 253 g/mol. The summed E-state index contributed by atoms with van der Waals surface area (Å²) >= 11 is 5.70. The number of anilines is 1. The predicted octanol–water partition coefficient (Wildman–Crippen LogP) is 3.54. The van der Waals surface area contributed by atoms with Gasteiger partial charge >= 0.3 is 0 Å². The molecule has 0 fully saturated rings. The van der Waals surface area contributed by atoms with Crippen molar-refractivity contribution in [1.29, 1.82) is 0 Å². The molecule has 0 radical (unpaired) electrons. The molecule has 0 aliphatic rings. The summed E-state index contributed by atoms with van der Waals surface area (Å²) in [4.78, 5) is 13.8. The van der Waals surface area contributed by atoms with Crippen molar-refractivity contribution >= 4 is 23.2 Å². The van der Waals surface area contributed by atoms with Crippen molar-refractivity contribution in [2.75, 3.05) is 10.8 Å². The molecule has 0 N–H and O–H groups in total. The fraction of sp³-hybridized carbons (Fsp3) is 0.500. The summed E-state index contributed by atoms with van der Waals surface area (Å²) in [5.41, 5.74) is 3.34. The van der Waals surface area contributed by atoms with E-state index in [1.54, 1.807) is 4.90 Å². The quantitative estimate of drug-likeness (QED) is 0.752. The van der Waals surface area contributed by atoms with E-state index in [1.165, 1.54) is 5.56 Å². The van der Waals surface area contributed by atoms with Crippen LogP contribution in [0.4, 0.5) is 5.69 Å². The van der Waals surface area contributed by atoms with E-state index in [-0.39, 0.29) is 17.8 Å². The number of carbonyl (C=O) groups is 1. The van der Waals surface area contributed by atoms with Gasteiger partial charge in [0.05, 0.1) is 5.69 Å². The lowest BCUT2D eigenvalue weighted by Gasteiger charge is -2.29. The molecule has 1 aromatic carbocycles. The van der Waals surface area contributed by atoms with E-state index in [4.69, 9.17) is 11.6 Å². The molecular weight excluding hydrogens is 234 g/mol. The van der Waals surface area contributed by atoms with Crippen LogP contribution in [0.3, 0.4) is 0 Å². The number of carbonyl (C=O) groups excluding carboxylic acids is 1. The number of aryl methyl sites for hydroxylation is 2. The van der Waals surface area contributed by atoms with Crippen molar-refractivity contribution in [1.82, 2.24) is 0 Å². The minimum absolute atomic E-state index is 0.0235. The maximum atomic E-state index is 12.0. The normalized spacial score (nSPS) is 10.7. The average Bonchev–Trinajstić information content (AvgIpc) is 2.30. The summed E-state index contributed by atoms with van der Waals surface area (Å²) < 4.78 is 0. The van der Waals surface area contributed by atoms with Crippen LogP contribution in [0.1, 0.15) is 31.9 Å². The van der Waals surface area contributed by atoms with Gasteiger partial charge in [-0.05, 0) is 38.3 Å². The van der Waals surface area contributed by atoms with E-state index < -0.39 is 0 Å². The van der Waals surface area contributed by atoms with E-state index in [0.29, 0.717) is 0 Å². The molecular formula is C14H20ClNO. The molecule has 0 spiro atoms. The summed E-state index contributed by atoms with van der Waals surface area (Å²) in [6, 6.07) is 6.25. The molecule has 0 aliphatic heterocycles. The summed E-state index contributed by atoms with van der Waals surface area (Å²) in [5, 5.41) is 0. The predicted molar refractivity (Wildman–Crippen MR) is 73.9 cm³/mol. The SMILES string of the molecule is CCc1cccc(C)c1N(C(=O)CCl)C(C)C. The van der Waals surface area contributed by atoms with Gasteiger partial charge in [0.1, 0.15) is 5.88 Å². The molecule has 1 aromatic rings. The standard InChI is InChI=1S/C14H20ClNO/c1-5-12-8-6-7-11(4)14(12)16(10(2)3)13(17)9-15/h6-8,10H,5,9H2,1-4H3. The summed E-state index contributed by atoms with van der Waals surface area (Å²) in [5.74, 6) is -0.0129. The van der Waals surface area contributed by atoms with E-state index in [2.05, 4.69) is 13.0 Å². The van der Waals surface area contributed by atoms with Crippen LogP contribution in [-0.4, -0.2) is 17.8 Å². The number of benzene rings is 1. The van der Waals surface area contributed by atoms with Crippen molar-refractivity contribution in [3.05, 3.63) is 29.3 Å². The molecule has 0 atom stereocenters. The van der Waals surface area contributed by atoms with Crippen LogP contribution in [0.15, 0.2) is 18.2 Å². The highest BCUT2D eigenvalue weighted by Gasteiger charge is 2.21. The van der Waals surface area contributed by atoms with Crippen molar-refractivity contribution in [3.63, 3.8) is 0 Å². The highest BCUT2D eigenvalue weighted by Crippen LogP contribution is 2.27. The molecule has 0 heterocycles. The molecule has 94 valence electrons. The molecule has 1 rings (SSSR count). The Kier molecular flexibility index (Phi) is 5.01. The van der Waals surface area contributed by atoms with Crippen LogP contribution in [-0.2, 0) is 11.2 Å². The molecule has 0 saturated heterocycles. The van der Waals surface area contributed by atoms with Gasteiger partial charge in [-0.2, -0.15) is 0 Å². The highest BCUT2D eigenvalue weighted by molar-refractivity contribution is 6.29. The Labute approximate surface area is 109 Å². The maximum absolute atomic E-state index is 12.0. The minimum Gasteiger partial charge on any atom is -0.308 e. The molecule has 0 unspecified atom stereocenters. The number of alkyl halides is 1.